The van der Waals surface area contributed by atoms with E-state index >= 15 is 0 Å². The van der Waals surface area contributed by atoms with E-state index in [1.54, 1.807) is 12.2 Å². The van der Waals surface area contributed by atoms with Crippen LogP contribution in [0.15, 0.2) is 23.8 Å². The van der Waals surface area contributed by atoms with Crippen molar-refractivity contribution in [3.63, 3.8) is 0 Å². The second-order valence-electron chi connectivity index (χ2n) is 5.37. The lowest BCUT2D eigenvalue weighted by Gasteiger charge is -2.40. The van der Waals surface area contributed by atoms with E-state index in [2.05, 4.69) is 0 Å². The van der Waals surface area contributed by atoms with E-state index in [9.17, 15) is 14.7 Å². The van der Waals surface area contributed by atoms with Crippen molar-refractivity contribution in [2.45, 2.75) is 38.2 Å². The molecule has 0 aromatic rings. The first-order valence-corrected chi connectivity index (χ1v) is 6.27. The average Bonchev–Trinajstić information content (AvgIpc) is 2.38. The van der Waals surface area contributed by atoms with Crippen molar-refractivity contribution >= 4 is 11.6 Å². The fourth-order valence-electron chi connectivity index (χ4n) is 3.42. The largest absolute Gasteiger partial charge is 0.389 e. The smallest absolute Gasteiger partial charge is 0.155 e. The fraction of sp³-hybridized carbons (Fsp3) is 0.571. The Morgan fingerprint density at radius 2 is 2.12 bits per heavy atom. The predicted octanol–water partition coefficient (Wildman–Crippen LogP) is 1.56. The van der Waals surface area contributed by atoms with Gasteiger partial charge in [-0.2, -0.15) is 0 Å². The molecule has 0 heterocycles. The number of carbonyl (C=O) groups excluding carboxylic acids is 2. The highest BCUT2D eigenvalue weighted by molar-refractivity contribution is 6.00. The Bertz CT molecular complexity index is 446. The molecule has 1 N–H and O–H groups in total. The van der Waals surface area contributed by atoms with Crippen LogP contribution in [0.2, 0.25) is 0 Å². The first kappa shape index (κ1) is 10.9. The van der Waals surface area contributed by atoms with Gasteiger partial charge in [0.15, 0.2) is 5.78 Å². The van der Waals surface area contributed by atoms with Crippen LogP contribution in [0.5, 0.6) is 0 Å². The number of hydrogen-bond donors (Lipinski definition) is 1. The van der Waals surface area contributed by atoms with Gasteiger partial charge in [-0.3, -0.25) is 9.59 Å². The van der Waals surface area contributed by atoms with Gasteiger partial charge in [0.1, 0.15) is 5.78 Å². The highest BCUT2D eigenvalue weighted by atomic mass is 16.3. The predicted molar refractivity (Wildman–Crippen MR) is 62.3 cm³/mol. The third-order valence-corrected chi connectivity index (χ3v) is 4.38. The van der Waals surface area contributed by atoms with Gasteiger partial charge in [-0.15, -0.1) is 0 Å². The maximum absolute atomic E-state index is 12.5. The molecular weight excluding hydrogens is 216 g/mol. The molecule has 1 spiro atoms. The minimum atomic E-state index is -0.561. The van der Waals surface area contributed by atoms with Gasteiger partial charge in [-0.1, -0.05) is 12.2 Å². The van der Waals surface area contributed by atoms with Crippen molar-refractivity contribution in [1.29, 1.82) is 0 Å². The van der Waals surface area contributed by atoms with Crippen molar-refractivity contribution in [2.24, 2.45) is 11.3 Å². The van der Waals surface area contributed by atoms with Crippen molar-refractivity contribution in [1.82, 2.24) is 0 Å². The Kier molecular flexibility index (Phi) is 2.33. The molecule has 2 bridgehead atoms. The zero-order chi connectivity index (χ0) is 12.0. The lowest BCUT2D eigenvalue weighted by molar-refractivity contribution is -0.132. The van der Waals surface area contributed by atoms with Gasteiger partial charge in [-0.05, 0) is 37.3 Å². The summed E-state index contributed by atoms with van der Waals surface area (Å²) < 4.78 is 0. The van der Waals surface area contributed by atoms with Crippen molar-refractivity contribution in [3.05, 3.63) is 23.8 Å². The number of allylic oxidation sites excluding steroid dienone is 3. The number of ketones is 2. The summed E-state index contributed by atoms with van der Waals surface area (Å²) in [5.41, 5.74) is 0.411. The lowest BCUT2D eigenvalue weighted by Crippen LogP contribution is -2.42. The standard InChI is InChI=1S/C14H16O3/c15-11-3-5-14-6-4-12(16)8-10(14)2-1-9(7-11)13(14)17/h3,5,8-9,11,15H,1-2,4,6-7H2/t9?,11-,14?/m1/s1. The highest BCUT2D eigenvalue weighted by Crippen LogP contribution is 2.49. The summed E-state index contributed by atoms with van der Waals surface area (Å²) in [5.74, 6) is 0.315. The molecule has 0 aromatic carbocycles. The molecule has 1 saturated carbocycles. The Morgan fingerprint density at radius 3 is 2.94 bits per heavy atom. The molecule has 3 rings (SSSR count). The number of fused-ring (bicyclic) bond motifs is 1. The molecule has 3 aliphatic carbocycles. The second-order valence-corrected chi connectivity index (χ2v) is 5.37. The SMILES string of the molecule is O=C1C=C2CCC3C[C@H](O)C=CC2(CC1)C3=O. The normalized spacial score (nSPS) is 40.6. The lowest BCUT2D eigenvalue weighted by atomic mass is 9.61. The van der Waals surface area contributed by atoms with Gasteiger partial charge in [0.2, 0.25) is 0 Å². The Balaban J connectivity index is 2.12. The third-order valence-electron chi connectivity index (χ3n) is 4.38. The van der Waals surface area contributed by atoms with Crippen molar-refractivity contribution in [2.75, 3.05) is 0 Å². The molecule has 0 saturated heterocycles. The molecule has 3 atom stereocenters. The maximum Gasteiger partial charge on any atom is 0.155 e. The van der Waals surface area contributed by atoms with Crippen molar-refractivity contribution in [3.8, 4) is 0 Å². The van der Waals surface area contributed by atoms with Crippen LogP contribution in [-0.2, 0) is 9.59 Å². The van der Waals surface area contributed by atoms with Gasteiger partial charge in [0.05, 0.1) is 11.5 Å². The number of carbonyl (C=O) groups is 2. The summed E-state index contributed by atoms with van der Waals surface area (Å²) in [7, 11) is 0. The number of Topliss-reactive ketones (excluding diaryl/α,β-unsaturated/α-hetero) is 1. The van der Waals surface area contributed by atoms with E-state index in [-0.39, 0.29) is 17.5 Å². The van der Waals surface area contributed by atoms with Crippen LogP contribution in [0.25, 0.3) is 0 Å². The third kappa shape index (κ3) is 1.53. The zero-order valence-electron chi connectivity index (χ0n) is 9.69. The van der Waals surface area contributed by atoms with Crippen LogP contribution in [0, 0.1) is 11.3 Å². The zero-order valence-corrected chi connectivity index (χ0v) is 9.69. The van der Waals surface area contributed by atoms with E-state index < -0.39 is 11.5 Å². The summed E-state index contributed by atoms with van der Waals surface area (Å²) in [6, 6.07) is 0. The molecule has 0 amide bonds. The fourth-order valence-corrected chi connectivity index (χ4v) is 3.42. The minimum absolute atomic E-state index is 0.0367. The van der Waals surface area contributed by atoms with Crippen LogP contribution >= 0.6 is 0 Å². The maximum atomic E-state index is 12.5. The van der Waals surface area contributed by atoms with Crippen LogP contribution < -0.4 is 0 Å². The van der Waals surface area contributed by atoms with Gasteiger partial charge in [0, 0.05) is 12.3 Å². The summed E-state index contributed by atoms with van der Waals surface area (Å²) in [6.07, 6.45) is 7.93. The van der Waals surface area contributed by atoms with E-state index in [4.69, 9.17) is 0 Å². The molecule has 90 valence electrons. The molecule has 2 unspecified atom stereocenters. The Morgan fingerprint density at radius 1 is 1.29 bits per heavy atom. The molecule has 1 fully saturated rings. The molecule has 17 heavy (non-hydrogen) atoms. The van der Waals surface area contributed by atoms with E-state index in [0.29, 0.717) is 19.3 Å². The van der Waals surface area contributed by atoms with Crippen LogP contribution in [-0.4, -0.2) is 22.8 Å². The summed E-state index contributed by atoms with van der Waals surface area (Å²) in [4.78, 5) is 24.0. The van der Waals surface area contributed by atoms with Gasteiger partial charge < -0.3 is 5.11 Å². The monoisotopic (exact) mass is 232 g/mol. The van der Waals surface area contributed by atoms with Gasteiger partial charge in [-0.25, -0.2) is 0 Å². The van der Waals surface area contributed by atoms with E-state index in [1.807, 2.05) is 6.08 Å². The van der Waals surface area contributed by atoms with E-state index in [1.165, 1.54) is 0 Å². The second kappa shape index (κ2) is 3.64. The molecule has 3 heteroatoms. The highest BCUT2D eigenvalue weighted by Gasteiger charge is 2.49. The number of hydrogen-bond acceptors (Lipinski definition) is 3. The van der Waals surface area contributed by atoms with E-state index in [0.717, 1.165) is 18.4 Å². The van der Waals surface area contributed by atoms with Crippen LogP contribution in [0.3, 0.4) is 0 Å². The number of aliphatic hydroxyl groups excluding tert-OH is 1. The average molecular weight is 232 g/mol. The Hall–Kier alpha value is -1.22. The molecule has 3 nitrogen and oxygen atoms in total. The molecule has 0 radical (unpaired) electrons. The van der Waals surface area contributed by atoms with Gasteiger partial charge in [0.25, 0.3) is 0 Å². The van der Waals surface area contributed by atoms with Crippen LogP contribution in [0.1, 0.15) is 32.1 Å². The molecular formula is C14H16O3. The first-order chi connectivity index (χ1) is 8.12. The number of rotatable bonds is 0. The summed E-state index contributed by atoms with van der Waals surface area (Å²) >= 11 is 0. The number of aliphatic hydroxyl groups is 1. The molecule has 0 aliphatic heterocycles. The summed E-state index contributed by atoms with van der Waals surface area (Å²) in [6.45, 7) is 0. The Labute approximate surface area is 100 Å². The summed E-state index contributed by atoms with van der Waals surface area (Å²) in [5, 5.41) is 9.77. The van der Waals surface area contributed by atoms with Gasteiger partial charge >= 0.3 is 0 Å². The van der Waals surface area contributed by atoms with Crippen LogP contribution in [0.4, 0.5) is 0 Å². The quantitative estimate of drug-likeness (QED) is 0.645. The van der Waals surface area contributed by atoms with Crippen molar-refractivity contribution < 1.29 is 14.7 Å². The molecule has 0 aromatic heterocycles. The first-order valence-electron chi connectivity index (χ1n) is 6.27. The molecule has 3 aliphatic rings. The topological polar surface area (TPSA) is 54.4 Å². The minimum Gasteiger partial charge on any atom is -0.389 e.